The minimum atomic E-state index is -0.410. The molecule has 0 heterocycles. The van der Waals surface area contributed by atoms with E-state index in [1.54, 1.807) is 12.1 Å². The van der Waals surface area contributed by atoms with Gasteiger partial charge in [-0.1, -0.05) is 46.6 Å². The lowest BCUT2D eigenvalue weighted by Gasteiger charge is -2.05. The summed E-state index contributed by atoms with van der Waals surface area (Å²) >= 11 is 11.4. The predicted octanol–water partition coefficient (Wildman–Crippen LogP) is 3.25. The van der Waals surface area contributed by atoms with Crippen LogP contribution >= 0.6 is 23.2 Å². The third kappa shape index (κ3) is 2.96. The largest absolute Gasteiger partial charge is 0.356 e. The van der Waals surface area contributed by atoms with Gasteiger partial charge in [-0.25, -0.2) is 0 Å². The molecule has 0 saturated carbocycles. The number of carbonyl (C=O) groups excluding carboxylic acids is 1. The number of hydrogen-bond donors (Lipinski definition) is 0. The van der Waals surface area contributed by atoms with Crippen molar-refractivity contribution < 1.29 is 9.63 Å². The minimum Gasteiger partial charge on any atom is -0.356 e. The molecule has 86 valence electrons. The zero-order valence-electron chi connectivity index (χ0n) is 8.56. The van der Waals surface area contributed by atoms with E-state index in [1.165, 1.54) is 12.2 Å². The molecule has 0 N–H and O–H groups in total. The number of oxime groups is 1. The number of para-hydroxylation sites is 1. The third-order valence-corrected chi connectivity index (χ3v) is 2.54. The smallest absolute Gasteiger partial charge is 0.215 e. The monoisotopic (exact) mass is 267 g/mol. The summed E-state index contributed by atoms with van der Waals surface area (Å²) in [5.74, 6) is 0.179. The molecule has 1 aromatic carbocycles. The van der Waals surface area contributed by atoms with Crippen LogP contribution in [0.5, 0.6) is 5.75 Å². The number of allylic oxidation sites excluding steroid dienone is 4. The van der Waals surface area contributed by atoms with Crippen LogP contribution in [0.3, 0.4) is 0 Å². The van der Waals surface area contributed by atoms with Crippen molar-refractivity contribution >= 4 is 34.7 Å². The lowest BCUT2D eigenvalue weighted by molar-refractivity contribution is -0.111. The molecule has 0 fully saturated rings. The number of carbonyl (C=O) groups is 1. The number of halogens is 2. The second-order valence-electron chi connectivity index (χ2n) is 3.23. The molecule has 0 aliphatic heterocycles. The van der Waals surface area contributed by atoms with Crippen molar-refractivity contribution in [3.63, 3.8) is 0 Å². The molecule has 5 heteroatoms. The maximum atomic E-state index is 11.2. The summed E-state index contributed by atoms with van der Waals surface area (Å²) < 4.78 is 0. The number of Topliss-reactive ketones (excluding diaryl/α,β-unsaturated/α-hetero) is 1. The highest BCUT2D eigenvalue weighted by Gasteiger charge is 2.17. The molecule has 0 amide bonds. The molecule has 3 nitrogen and oxygen atoms in total. The summed E-state index contributed by atoms with van der Waals surface area (Å²) in [6.07, 6.45) is 2.80. The van der Waals surface area contributed by atoms with Crippen LogP contribution in [-0.2, 0) is 4.79 Å². The molecule has 0 spiro atoms. The van der Waals surface area contributed by atoms with E-state index < -0.39 is 5.78 Å². The van der Waals surface area contributed by atoms with E-state index in [4.69, 9.17) is 28.0 Å². The summed E-state index contributed by atoms with van der Waals surface area (Å²) in [5.41, 5.74) is 0.392. The average molecular weight is 268 g/mol. The first kappa shape index (κ1) is 11.9. The Morgan fingerprint density at radius 3 is 2.18 bits per heavy atom. The molecule has 0 radical (unpaired) electrons. The molecule has 0 unspecified atom stereocenters. The first-order valence-electron chi connectivity index (χ1n) is 4.76. The Kier molecular flexibility index (Phi) is 3.61. The Hall–Kier alpha value is -1.58. The van der Waals surface area contributed by atoms with E-state index >= 15 is 0 Å². The molecular weight excluding hydrogens is 261 g/mol. The van der Waals surface area contributed by atoms with Crippen LogP contribution < -0.4 is 4.84 Å². The molecule has 0 saturated heterocycles. The number of ketones is 1. The molecule has 2 rings (SSSR count). The summed E-state index contributed by atoms with van der Waals surface area (Å²) in [6.45, 7) is 0. The van der Waals surface area contributed by atoms with Gasteiger partial charge in [0.2, 0.25) is 5.78 Å². The molecule has 0 bridgehead atoms. The van der Waals surface area contributed by atoms with E-state index in [2.05, 4.69) is 5.16 Å². The van der Waals surface area contributed by atoms with Crippen molar-refractivity contribution in [2.24, 2.45) is 5.16 Å². The van der Waals surface area contributed by atoms with Gasteiger partial charge in [0.15, 0.2) is 5.75 Å². The SMILES string of the molecule is O=C1C(Cl)=CC(=NOc2ccccc2)C=C1Cl. The number of nitrogens with zero attached hydrogens (tertiary/aromatic N) is 1. The predicted molar refractivity (Wildman–Crippen MR) is 67.4 cm³/mol. The quantitative estimate of drug-likeness (QED) is 0.610. The van der Waals surface area contributed by atoms with Crippen molar-refractivity contribution in [1.82, 2.24) is 0 Å². The molecule has 1 aliphatic rings. The topological polar surface area (TPSA) is 38.7 Å². The van der Waals surface area contributed by atoms with Crippen molar-refractivity contribution in [3.05, 3.63) is 52.5 Å². The van der Waals surface area contributed by atoms with Gasteiger partial charge in [-0.3, -0.25) is 4.79 Å². The highest BCUT2D eigenvalue weighted by atomic mass is 35.5. The zero-order chi connectivity index (χ0) is 12.3. The molecule has 1 aliphatic carbocycles. The first-order chi connectivity index (χ1) is 8.16. The fraction of sp³-hybridized carbons (Fsp3) is 0. The molecule has 0 aromatic heterocycles. The number of hydrogen-bond acceptors (Lipinski definition) is 3. The fourth-order valence-electron chi connectivity index (χ4n) is 1.19. The van der Waals surface area contributed by atoms with E-state index in [1.807, 2.05) is 18.2 Å². The van der Waals surface area contributed by atoms with Crippen molar-refractivity contribution in [2.45, 2.75) is 0 Å². The van der Waals surface area contributed by atoms with Crippen molar-refractivity contribution in [1.29, 1.82) is 0 Å². The van der Waals surface area contributed by atoms with Gasteiger partial charge in [0.05, 0.1) is 10.1 Å². The molecule has 0 atom stereocenters. The van der Waals surface area contributed by atoms with Gasteiger partial charge in [-0.05, 0) is 24.3 Å². The Morgan fingerprint density at radius 1 is 1.00 bits per heavy atom. The first-order valence-corrected chi connectivity index (χ1v) is 5.51. The Bertz CT molecular complexity index is 509. The van der Waals surface area contributed by atoms with Gasteiger partial charge < -0.3 is 4.84 Å². The third-order valence-electron chi connectivity index (χ3n) is 1.98. The number of benzene rings is 1. The average Bonchev–Trinajstić information content (AvgIpc) is 2.34. The fourth-order valence-corrected chi connectivity index (χ4v) is 1.66. The van der Waals surface area contributed by atoms with Crippen LogP contribution in [0.1, 0.15) is 0 Å². The van der Waals surface area contributed by atoms with E-state index in [-0.39, 0.29) is 10.1 Å². The van der Waals surface area contributed by atoms with Crippen LogP contribution in [0, 0.1) is 0 Å². The normalized spacial score (nSPS) is 15.2. The summed E-state index contributed by atoms with van der Waals surface area (Å²) in [4.78, 5) is 16.4. The second kappa shape index (κ2) is 5.17. The van der Waals surface area contributed by atoms with E-state index in [0.717, 1.165) is 0 Å². The molecular formula is C12H7Cl2NO2. The van der Waals surface area contributed by atoms with Crippen LogP contribution in [0.25, 0.3) is 0 Å². The Labute approximate surface area is 108 Å². The highest BCUT2D eigenvalue weighted by Crippen LogP contribution is 2.19. The van der Waals surface area contributed by atoms with Crippen molar-refractivity contribution in [3.8, 4) is 5.75 Å². The summed E-state index contributed by atoms with van der Waals surface area (Å²) in [6, 6.07) is 9.04. The van der Waals surface area contributed by atoms with Gasteiger partial charge >= 0.3 is 0 Å². The zero-order valence-corrected chi connectivity index (χ0v) is 10.1. The van der Waals surface area contributed by atoms with Crippen LogP contribution in [-0.4, -0.2) is 11.5 Å². The summed E-state index contributed by atoms with van der Waals surface area (Å²) in [5, 5.41) is 3.87. The van der Waals surface area contributed by atoms with Crippen LogP contribution in [0.4, 0.5) is 0 Å². The Balaban J connectivity index is 2.16. The minimum absolute atomic E-state index is 0.0212. The number of rotatable bonds is 2. The lowest BCUT2D eigenvalue weighted by atomic mass is 10.1. The Morgan fingerprint density at radius 2 is 1.59 bits per heavy atom. The summed E-state index contributed by atoms with van der Waals surface area (Å²) in [7, 11) is 0. The van der Waals surface area contributed by atoms with Crippen molar-refractivity contribution in [2.75, 3.05) is 0 Å². The highest BCUT2D eigenvalue weighted by molar-refractivity contribution is 6.57. The lowest BCUT2D eigenvalue weighted by Crippen LogP contribution is -2.08. The van der Waals surface area contributed by atoms with Gasteiger partial charge in [-0.2, -0.15) is 0 Å². The van der Waals surface area contributed by atoms with Crippen LogP contribution in [0.2, 0.25) is 0 Å². The second-order valence-corrected chi connectivity index (χ2v) is 4.05. The van der Waals surface area contributed by atoms with Gasteiger partial charge in [0.25, 0.3) is 0 Å². The van der Waals surface area contributed by atoms with Gasteiger partial charge in [-0.15, -0.1) is 0 Å². The van der Waals surface area contributed by atoms with Gasteiger partial charge in [0.1, 0.15) is 5.71 Å². The van der Waals surface area contributed by atoms with Crippen LogP contribution in [0.15, 0.2) is 57.7 Å². The van der Waals surface area contributed by atoms with Gasteiger partial charge in [0, 0.05) is 0 Å². The van der Waals surface area contributed by atoms with E-state index in [9.17, 15) is 4.79 Å². The standard InChI is InChI=1S/C12H7Cl2NO2/c13-10-6-8(7-11(14)12(10)16)15-17-9-4-2-1-3-5-9/h1-7H. The maximum absolute atomic E-state index is 11.2. The maximum Gasteiger partial charge on any atom is 0.215 e. The molecule has 17 heavy (non-hydrogen) atoms. The molecule has 1 aromatic rings. The van der Waals surface area contributed by atoms with E-state index in [0.29, 0.717) is 11.5 Å².